The second kappa shape index (κ2) is 71.1. The third-order valence-corrected chi connectivity index (χ3v) is 15.8. The second-order valence-electron chi connectivity index (χ2n) is 24.1. The molecule has 83 heavy (non-hydrogen) atoms. The highest BCUT2D eigenvalue weighted by atomic mass is 16.6. The van der Waals surface area contributed by atoms with Gasteiger partial charge in [-0.2, -0.15) is 0 Å². The van der Waals surface area contributed by atoms with Gasteiger partial charge in [-0.1, -0.05) is 311 Å². The van der Waals surface area contributed by atoms with Crippen molar-refractivity contribution in [1.29, 1.82) is 0 Å². The van der Waals surface area contributed by atoms with Gasteiger partial charge in [0, 0.05) is 19.3 Å². The molecule has 0 amide bonds. The van der Waals surface area contributed by atoms with E-state index in [-0.39, 0.29) is 31.1 Å². The lowest BCUT2D eigenvalue weighted by atomic mass is 10.0. The Bertz CT molecular complexity index is 1570. The lowest BCUT2D eigenvalue weighted by Crippen LogP contribution is -2.30. The van der Waals surface area contributed by atoms with Gasteiger partial charge >= 0.3 is 17.9 Å². The topological polar surface area (TPSA) is 78.9 Å². The molecule has 1 unspecified atom stereocenters. The quantitative estimate of drug-likeness (QED) is 0.0261. The molecule has 0 heterocycles. The third-order valence-electron chi connectivity index (χ3n) is 15.8. The van der Waals surface area contributed by atoms with Crippen LogP contribution >= 0.6 is 0 Å². The van der Waals surface area contributed by atoms with E-state index in [2.05, 4.69) is 106 Å². The fraction of sp³-hybridized carbons (Fsp3) is 0.779. The van der Waals surface area contributed by atoms with E-state index in [1.165, 1.54) is 231 Å². The number of rotatable bonds is 66. The van der Waals surface area contributed by atoms with Crippen LogP contribution in [-0.2, 0) is 28.6 Å². The summed E-state index contributed by atoms with van der Waals surface area (Å²) in [6.07, 6.45) is 94.5. The van der Waals surface area contributed by atoms with Crippen molar-refractivity contribution >= 4 is 17.9 Å². The van der Waals surface area contributed by atoms with Crippen LogP contribution in [0, 0.1) is 0 Å². The Morgan fingerprint density at radius 3 is 0.675 bits per heavy atom. The Morgan fingerprint density at radius 1 is 0.241 bits per heavy atom. The van der Waals surface area contributed by atoms with Crippen molar-refractivity contribution < 1.29 is 28.6 Å². The SMILES string of the molecule is CCCCCCC/C=C\C/C=C\C/C=C\CCCCCCCCC(=O)OC(COC(=O)CCCCCCCCCCC/C=C\C/C=C\CCCCCCC)COC(=O)CCCCCCCCCCCCC/C=C\C/C=C\CCCCCCC. The molecular formula is C77H136O6. The van der Waals surface area contributed by atoms with Gasteiger partial charge in [0.2, 0.25) is 0 Å². The molecule has 1 atom stereocenters. The first-order valence-corrected chi connectivity index (χ1v) is 36.1. The summed E-state index contributed by atoms with van der Waals surface area (Å²) in [7, 11) is 0. The molecule has 480 valence electrons. The van der Waals surface area contributed by atoms with Crippen molar-refractivity contribution in [3.8, 4) is 0 Å². The molecule has 0 spiro atoms. The summed E-state index contributed by atoms with van der Waals surface area (Å²) in [6.45, 7) is 6.64. The molecule has 6 heteroatoms. The molecule has 0 fully saturated rings. The van der Waals surface area contributed by atoms with Crippen molar-refractivity contribution in [2.45, 2.75) is 374 Å². The normalized spacial score (nSPS) is 12.6. The highest BCUT2D eigenvalue weighted by Crippen LogP contribution is 2.17. The number of carbonyl (C=O) groups excluding carboxylic acids is 3. The van der Waals surface area contributed by atoms with Crippen molar-refractivity contribution in [2.75, 3.05) is 13.2 Å². The minimum absolute atomic E-state index is 0.0828. The average Bonchev–Trinajstić information content (AvgIpc) is 3.49. The molecular weight excluding hydrogens is 1020 g/mol. The fourth-order valence-corrected chi connectivity index (χ4v) is 10.4. The number of esters is 3. The number of hydrogen-bond donors (Lipinski definition) is 0. The first-order valence-electron chi connectivity index (χ1n) is 36.1. The largest absolute Gasteiger partial charge is 0.462 e. The standard InChI is InChI=1S/C77H136O6/c1-4-7-10-13-16-19-22-25-28-31-34-37-38-41-43-46-49-52-55-58-61-64-67-70-76(79)82-73-74(83-77(80)71-68-65-62-59-56-53-50-47-44-40-36-33-30-27-24-21-18-15-12-9-6-3)72-81-75(78)69-66-63-60-57-54-51-48-45-42-39-35-32-29-26-23-20-17-14-11-8-5-2/h22-27,31-36,44,47,74H,4-21,28-30,37-43,45-46,48-73H2,1-3H3/b25-22-,26-23-,27-24-,34-31-,35-32-,36-33-,47-44-. The first-order chi connectivity index (χ1) is 41.0. The summed E-state index contributed by atoms with van der Waals surface area (Å²) in [6, 6.07) is 0. The van der Waals surface area contributed by atoms with Crippen molar-refractivity contribution in [3.63, 3.8) is 0 Å². The summed E-state index contributed by atoms with van der Waals surface area (Å²) >= 11 is 0. The fourth-order valence-electron chi connectivity index (χ4n) is 10.4. The Kier molecular flexibility index (Phi) is 68.2. The second-order valence-corrected chi connectivity index (χ2v) is 24.1. The van der Waals surface area contributed by atoms with Crippen molar-refractivity contribution in [1.82, 2.24) is 0 Å². The smallest absolute Gasteiger partial charge is 0.306 e. The number of allylic oxidation sites excluding steroid dienone is 14. The van der Waals surface area contributed by atoms with E-state index in [0.717, 1.165) is 96.3 Å². The predicted octanol–water partition coefficient (Wildman–Crippen LogP) is 25.0. The molecule has 0 N–H and O–H groups in total. The van der Waals surface area contributed by atoms with Gasteiger partial charge in [-0.05, 0) is 122 Å². The van der Waals surface area contributed by atoms with Crippen LogP contribution < -0.4 is 0 Å². The number of unbranched alkanes of at least 4 members (excludes halogenated alkanes) is 41. The van der Waals surface area contributed by atoms with Gasteiger partial charge in [0.05, 0.1) is 0 Å². The van der Waals surface area contributed by atoms with E-state index in [9.17, 15) is 14.4 Å². The summed E-state index contributed by atoms with van der Waals surface area (Å²) < 4.78 is 17.0. The first kappa shape index (κ1) is 79.6. The minimum Gasteiger partial charge on any atom is -0.462 e. The third kappa shape index (κ3) is 69.3. The molecule has 0 aromatic heterocycles. The van der Waals surface area contributed by atoms with Gasteiger partial charge in [0.1, 0.15) is 13.2 Å². The summed E-state index contributed by atoms with van der Waals surface area (Å²) in [4.78, 5) is 38.5. The van der Waals surface area contributed by atoms with Gasteiger partial charge in [-0.15, -0.1) is 0 Å². The molecule has 0 aliphatic carbocycles. The van der Waals surface area contributed by atoms with Crippen LogP contribution in [0.15, 0.2) is 85.1 Å². The molecule has 0 bridgehead atoms. The molecule has 6 nitrogen and oxygen atoms in total. The predicted molar refractivity (Wildman–Crippen MR) is 362 cm³/mol. The molecule has 0 saturated carbocycles. The molecule has 0 radical (unpaired) electrons. The van der Waals surface area contributed by atoms with Crippen molar-refractivity contribution in [3.05, 3.63) is 85.1 Å². The van der Waals surface area contributed by atoms with Crippen LogP contribution in [0.4, 0.5) is 0 Å². The van der Waals surface area contributed by atoms with Crippen LogP contribution in [0.25, 0.3) is 0 Å². The van der Waals surface area contributed by atoms with Gasteiger partial charge in [-0.25, -0.2) is 0 Å². The lowest BCUT2D eigenvalue weighted by Gasteiger charge is -2.18. The number of ether oxygens (including phenoxy) is 3. The molecule has 0 rings (SSSR count). The zero-order valence-electron chi connectivity index (χ0n) is 55.2. The number of carbonyl (C=O) groups is 3. The monoisotopic (exact) mass is 1160 g/mol. The minimum atomic E-state index is -0.789. The van der Waals surface area contributed by atoms with Crippen LogP contribution in [-0.4, -0.2) is 37.2 Å². The Morgan fingerprint density at radius 2 is 0.434 bits per heavy atom. The zero-order chi connectivity index (χ0) is 59.9. The van der Waals surface area contributed by atoms with Crippen LogP contribution in [0.1, 0.15) is 367 Å². The lowest BCUT2D eigenvalue weighted by molar-refractivity contribution is -0.167. The maximum Gasteiger partial charge on any atom is 0.306 e. The Hall–Kier alpha value is -3.41. The van der Waals surface area contributed by atoms with E-state index >= 15 is 0 Å². The summed E-state index contributed by atoms with van der Waals surface area (Å²) in [5.41, 5.74) is 0. The van der Waals surface area contributed by atoms with Gasteiger partial charge < -0.3 is 14.2 Å². The summed E-state index contributed by atoms with van der Waals surface area (Å²) in [5.74, 6) is -0.883. The van der Waals surface area contributed by atoms with E-state index in [0.29, 0.717) is 19.3 Å². The Labute approximate surface area is 515 Å². The molecule has 0 saturated heterocycles. The molecule has 0 aliphatic rings. The maximum absolute atomic E-state index is 13.0. The average molecular weight is 1160 g/mol. The van der Waals surface area contributed by atoms with E-state index in [1.54, 1.807) is 0 Å². The van der Waals surface area contributed by atoms with E-state index in [1.807, 2.05) is 0 Å². The molecule has 0 aliphatic heterocycles. The highest BCUT2D eigenvalue weighted by Gasteiger charge is 2.19. The van der Waals surface area contributed by atoms with E-state index in [4.69, 9.17) is 14.2 Å². The van der Waals surface area contributed by atoms with Gasteiger partial charge in [-0.3, -0.25) is 14.4 Å². The van der Waals surface area contributed by atoms with Gasteiger partial charge in [0.15, 0.2) is 6.10 Å². The molecule has 0 aromatic carbocycles. The van der Waals surface area contributed by atoms with Crippen LogP contribution in [0.2, 0.25) is 0 Å². The van der Waals surface area contributed by atoms with Crippen LogP contribution in [0.3, 0.4) is 0 Å². The zero-order valence-corrected chi connectivity index (χ0v) is 55.2. The van der Waals surface area contributed by atoms with Crippen molar-refractivity contribution in [2.24, 2.45) is 0 Å². The van der Waals surface area contributed by atoms with Crippen LogP contribution in [0.5, 0.6) is 0 Å². The highest BCUT2D eigenvalue weighted by molar-refractivity contribution is 5.71. The number of hydrogen-bond acceptors (Lipinski definition) is 6. The van der Waals surface area contributed by atoms with E-state index < -0.39 is 6.10 Å². The summed E-state index contributed by atoms with van der Waals surface area (Å²) in [5, 5.41) is 0. The van der Waals surface area contributed by atoms with Gasteiger partial charge in [0.25, 0.3) is 0 Å². The Balaban J connectivity index is 4.40. The molecule has 0 aromatic rings. The maximum atomic E-state index is 13.0.